The van der Waals surface area contributed by atoms with Crippen molar-refractivity contribution in [3.05, 3.63) is 12.0 Å². The fourth-order valence-electron chi connectivity index (χ4n) is 1.96. The topological polar surface area (TPSA) is 86.4 Å². The highest BCUT2D eigenvalue weighted by Gasteiger charge is 2.30. The third-order valence-electron chi connectivity index (χ3n) is 3.20. The number of carbonyl (C=O) groups is 1. The molecule has 0 spiro atoms. The van der Waals surface area contributed by atoms with Gasteiger partial charge in [-0.2, -0.15) is 4.31 Å². The van der Waals surface area contributed by atoms with Crippen molar-refractivity contribution in [2.45, 2.75) is 24.8 Å². The minimum atomic E-state index is -3.66. The van der Waals surface area contributed by atoms with Crippen LogP contribution in [0, 0.1) is 0 Å². The van der Waals surface area contributed by atoms with Gasteiger partial charge in [-0.1, -0.05) is 6.92 Å². The molecule has 1 N–H and O–H groups in total. The molecule has 1 saturated heterocycles. The zero-order valence-corrected chi connectivity index (χ0v) is 11.9. The highest BCUT2D eigenvalue weighted by molar-refractivity contribution is 7.89. The normalized spacial score (nSPS) is 18.6. The van der Waals surface area contributed by atoms with Gasteiger partial charge in [0.1, 0.15) is 5.82 Å². The second-order valence-corrected chi connectivity index (χ2v) is 6.46. The van der Waals surface area contributed by atoms with Gasteiger partial charge < -0.3 is 9.88 Å². The molecule has 2 rings (SSSR count). The summed E-state index contributed by atoms with van der Waals surface area (Å²) in [4.78, 5) is 20.1. The zero-order chi connectivity index (χ0) is 14.0. The Balaban J connectivity index is 2.26. The second kappa shape index (κ2) is 5.30. The maximum atomic E-state index is 12.4. The average molecular weight is 286 g/mol. The quantitative estimate of drug-likeness (QED) is 0.835. The molecule has 1 fully saturated rings. The Morgan fingerprint density at radius 2 is 2.16 bits per heavy atom. The molecule has 0 aromatic carbocycles. The number of rotatable bonds is 3. The molecule has 19 heavy (non-hydrogen) atoms. The van der Waals surface area contributed by atoms with Gasteiger partial charge >= 0.3 is 0 Å². The van der Waals surface area contributed by atoms with Gasteiger partial charge in [0.2, 0.25) is 5.91 Å². The maximum Gasteiger partial charge on any atom is 0.260 e. The Morgan fingerprint density at radius 3 is 2.79 bits per heavy atom. The SMILES string of the molecule is CCc1ncc(S(=O)(=O)N2CCCN(C)C(=O)C2)[nH]1. The summed E-state index contributed by atoms with van der Waals surface area (Å²) in [6.07, 6.45) is 2.58. The number of hydrogen-bond acceptors (Lipinski definition) is 4. The van der Waals surface area contributed by atoms with E-state index in [1.54, 1.807) is 11.9 Å². The number of amides is 1. The molecule has 1 aromatic rings. The number of nitrogens with zero attached hydrogens (tertiary/aromatic N) is 3. The van der Waals surface area contributed by atoms with Gasteiger partial charge in [0.15, 0.2) is 5.03 Å². The summed E-state index contributed by atoms with van der Waals surface area (Å²) in [5, 5.41) is 0.0571. The van der Waals surface area contributed by atoms with Crippen molar-refractivity contribution in [2.75, 3.05) is 26.7 Å². The molecule has 0 aliphatic carbocycles. The lowest BCUT2D eigenvalue weighted by molar-refractivity contribution is -0.129. The summed E-state index contributed by atoms with van der Waals surface area (Å²) in [5.41, 5.74) is 0. The van der Waals surface area contributed by atoms with Gasteiger partial charge in [-0.05, 0) is 6.42 Å². The molecule has 0 bridgehead atoms. The lowest BCUT2D eigenvalue weighted by atomic mass is 10.4. The van der Waals surface area contributed by atoms with Crippen LogP contribution in [0.3, 0.4) is 0 Å². The summed E-state index contributed by atoms with van der Waals surface area (Å²) >= 11 is 0. The van der Waals surface area contributed by atoms with E-state index in [0.717, 1.165) is 0 Å². The summed E-state index contributed by atoms with van der Waals surface area (Å²) < 4.78 is 26.0. The van der Waals surface area contributed by atoms with Crippen LogP contribution in [0.2, 0.25) is 0 Å². The van der Waals surface area contributed by atoms with Crippen LogP contribution in [0.1, 0.15) is 19.2 Å². The van der Waals surface area contributed by atoms with E-state index in [0.29, 0.717) is 31.8 Å². The van der Waals surface area contributed by atoms with Crippen LogP contribution in [0.5, 0.6) is 0 Å². The summed E-state index contributed by atoms with van der Waals surface area (Å²) in [6.45, 7) is 2.70. The standard InChI is InChI=1S/C11H18N4O3S/c1-3-9-12-7-10(13-9)19(17,18)15-6-4-5-14(2)11(16)8-15/h7H,3-6,8H2,1-2H3,(H,12,13). The summed E-state index contributed by atoms with van der Waals surface area (Å²) in [5.74, 6) is 0.438. The van der Waals surface area contributed by atoms with E-state index < -0.39 is 10.0 Å². The highest BCUT2D eigenvalue weighted by Crippen LogP contribution is 2.16. The largest absolute Gasteiger partial charge is 0.345 e. The van der Waals surface area contributed by atoms with Crippen LogP contribution in [-0.4, -0.2) is 60.2 Å². The molecule has 7 nitrogen and oxygen atoms in total. The first-order chi connectivity index (χ1) is 8.95. The molecule has 0 radical (unpaired) electrons. The van der Waals surface area contributed by atoms with Gasteiger partial charge in [-0.3, -0.25) is 4.79 Å². The number of sulfonamides is 1. The van der Waals surface area contributed by atoms with Crippen LogP contribution in [0.25, 0.3) is 0 Å². The molecule has 0 unspecified atom stereocenters. The Kier molecular flexibility index (Phi) is 3.91. The number of H-pyrrole nitrogens is 1. The van der Waals surface area contributed by atoms with Crippen LogP contribution < -0.4 is 0 Å². The monoisotopic (exact) mass is 286 g/mol. The number of nitrogens with one attached hydrogen (secondary N) is 1. The van der Waals surface area contributed by atoms with Crippen molar-refractivity contribution in [3.63, 3.8) is 0 Å². The minimum Gasteiger partial charge on any atom is -0.345 e. The van der Waals surface area contributed by atoms with E-state index in [9.17, 15) is 13.2 Å². The predicted octanol–water partition coefficient (Wildman–Crippen LogP) is -0.175. The van der Waals surface area contributed by atoms with Crippen molar-refractivity contribution in [1.29, 1.82) is 0 Å². The molecule has 1 aliphatic rings. The van der Waals surface area contributed by atoms with E-state index >= 15 is 0 Å². The Labute approximate surface area is 112 Å². The number of aryl methyl sites for hydroxylation is 1. The van der Waals surface area contributed by atoms with E-state index in [2.05, 4.69) is 9.97 Å². The molecule has 1 aromatic heterocycles. The van der Waals surface area contributed by atoms with Crippen LogP contribution in [-0.2, 0) is 21.2 Å². The van der Waals surface area contributed by atoms with Crippen molar-refractivity contribution >= 4 is 15.9 Å². The first-order valence-corrected chi connectivity index (χ1v) is 7.67. The third-order valence-corrected chi connectivity index (χ3v) is 4.95. The average Bonchev–Trinajstić information content (AvgIpc) is 2.79. The van der Waals surface area contributed by atoms with Crippen LogP contribution in [0.15, 0.2) is 11.2 Å². The van der Waals surface area contributed by atoms with E-state index in [1.807, 2.05) is 6.92 Å². The van der Waals surface area contributed by atoms with E-state index in [1.165, 1.54) is 10.5 Å². The van der Waals surface area contributed by atoms with Crippen molar-refractivity contribution < 1.29 is 13.2 Å². The fourth-order valence-corrected chi connectivity index (χ4v) is 3.32. The van der Waals surface area contributed by atoms with Gasteiger partial charge in [0, 0.05) is 26.6 Å². The van der Waals surface area contributed by atoms with Crippen molar-refractivity contribution in [3.8, 4) is 0 Å². The van der Waals surface area contributed by atoms with Crippen molar-refractivity contribution in [2.24, 2.45) is 0 Å². The van der Waals surface area contributed by atoms with Crippen LogP contribution in [0.4, 0.5) is 0 Å². The first kappa shape index (κ1) is 14.0. The molecule has 8 heteroatoms. The molecule has 1 amide bonds. The van der Waals surface area contributed by atoms with E-state index in [4.69, 9.17) is 0 Å². The molecule has 2 heterocycles. The number of aromatic amines is 1. The minimum absolute atomic E-state index is 0.0571. The number of imidazole rings is 1. The van der Waals surface area contributed by atoms with Gasteiger partial charge in [0.05, 0.1) is 12.7 Å². The predicted molar refractivity (Wildman–Crippen MR) is 69.0 cm³/mol. The molecule has 0 saturated carbocycles. The summed E-state index contributed by atoms with van der Waals surface area (Å²) in [7, 11) is -1.98. The lowest BCUT2D eigenvalue weighted by Crippen LogP contribution is -2.38. The maximum absolute atomic E-state index is 12.4. The summed E-state index contributed by atoms with van der Waals surface area (Å²) in [6, 6.07) is 0. The molecular formula is C11H18N4O3S. The zero-order valence-electron chi connectivity index (χ0n) is 11.1. The van der Waals surface area contributed by atoms with Gasteiger partial charge in [0.25, 0.3) is 10.0 Å². The molecule has 106 valence electrons. The van der Waals surface area contributed by atoms with E-state index in [-0.39, 0.29) is 17.5 Å². The molecule has 1 aliphatic heterocycles. The highest BCUT2D eigenvalue weighted by atomic mass is 32.2. The van der Waals surface area contributed by atoms with Gasteiger partial charge in [-0.25, -0.2) is 13.4 Å². The number of likely N-dealkylation sites (N-methyl/N-ethyl adjacent to an activating group) is 1. The number of aromatic nitrogens is 2. The number of carbonyl (C=O) groups excluding carboxylic acids is 1. The smallest absolute Gasteiger partial charge is 0.260 e. The number of hydrogen-bond donors (Lipinski definition) is 1. The van der Waals surface area contributed by atoms with Gasteiger partial charge in [-0.15, -0.1) is 0 Å². The second-order valence-electron chi connectivity index (χ2n) is 4.56. The fraction of sp³-hybridized carbons (Fsp3) is 0.636. The Morgan fingerprint density at radius 1 is 1.42 bits per heavy atom. The lowest BCUT2D eigenvalue weighted by Gasteiger charge is -2.18. The Bertz CT molecular complexity index is 566. The third kappa shape index (κ3) is 2.79. The molecular weight excluding hydrogens is 268 g/mol. The Hall–Kier alpha value is -1.41. The van der Waals surface area contributed by atoms with Crippen molar-refractivity contribution in [1.82, 2.24) is 19.2 Å². The molecule has 0 atom stereocenters. The van der Waals surface area contributed by atoms with Crippen LogP contribution >= 0.6 is 0 Å². The first-order valence-electron chi connectivity index (χ1n) is 6.23.